The molecule has 0 spiro atoms. The first-order valence-corrected chi connectivity index (χ1v) is 8.82. The van der Waals surface area contributed by atoms with Crippen LogP contribution >= 0.6 is 11.8 Å². The topological polar surface area (TPSA) is 50.8 Å². The fourth-order valence-corrected chi connectivity index (χ4v) is 3.61. The Morgan fingerprint density at radius 1 is 1.30 bits per heavy atom. The Bertz CT molecular complexity index is 504. The van der Waals surface area contributed by atoms with Gasteiger partial charge in [0.2, 0.25) is 0 Å². The molecule has 1 saturated heterocycles. The van der Waals surface area contributed by atoms with Gasteiger partial charge in [0, 0.05) is 29.7 Å². The minimum atomic E-state index is -0.474. The lowest BCUT2D eigenvalue weighted by Gasteiger charge is -2.24. The van der Waals surface area contributed by atoms with Gasteiger partial charge in [-0.15, -0.1) is 11.8 Å². The number of hydrogen-bond acceptors (Lipinski definition) is 5. The average Bonchev–Trinajstić information content (AvgIpc) is 2.88. The van der Waals surface area contributed by atoms with Crippen molar-refractivity contribution in [1.29, 1.82) is 0 Å². The van der Waals surface area contributed by atoms with Crippen LogP contribution in [0.3, 0.4) is 0 Å². The largest absolute Gasteiger partial charge is 0.444 e. The lowest BCUT2D eigenvalue weighted by atomic mass is 10.1. The zero-order valence-electron chi connectivity index (χ0n) is 14.2. The van der Waals surface area contributed by atoms with Gasteiger partial charge in [-0.2, -0.15) is 5.48 Å². The molecule has 0 unspecified atom stereocenters. The van der Waals surface area contributed by atoms with Crippen LogP contribution < -0.4 is 5.48 Å². The fourth-order valence-electron chi connectivity index (χ4n) is 2.52. The molecule has 1 aliphatic heterocycles. The van der Waals surface area contributed by atoms with Gasteiger partial charge in [0.25, 0.3) is 0 Å². The van der Waals surface area contributed by atoms with Crippen LogP contribution in [0, 0.1) is 5.92 Å². The highest BCUT2D eigenvalue weighted by Gasteiger charge is 2.37. The lowest BCUT2D eigenvalue weighted by molar-refractivity contribution is 0.0257. The number of likely N-dealkylation sites (tertiary alicyclic amines) is 1. The van der Waals surface area contributed by atoms with Crippen LogP contribution in [-0.2, 0) is 9.57 Å². The van der Waals surface area contributed by atoms with Crippen LogP contribution in [0.4, 0.5) is 4.79 Å². The number of amides is 1. The second-order valence-electron chi connectivity index (χ2n) is 6.70. The van der Waals surface area contributed by atoms with E-state index in [0.717, 1.165) is 5.75 Å². The van der Waals surface area contributed by atoms with Crippen molar-refractivity contribution in [2.75, 3.05) is 26.0 Å². The molecule has 1 aromatic rings. The molecule has 1 amide bonds. The van der Waals surface area contributed by atoms with Gasteiger partial charge in [0.15, 0.2) is 0 Å². The number of ether oxygens (including phenoxy) is 1. The van der Waals surface area contributed by atoms with Gasteiger partial charge in [-0.05, 0) is 32.9 Å². The molecule has 5 nitrogen and oxygen atoms in total. The van der Waals surface area contributed by atoms with Gasteiger partial charge in [-0.25, -0.2) is 4.79 Å². The van der Waals surface area contributed by atoms with Crippen LogP contribution in [0.2, 0.25) is 0 Å². The number of hydrogen-bond donors (Lipinski definition) is 1. The SMILES string of the molecule is CON[C@H]1CN(C(=O)OC(C)(C)C)C[C@H]1CSc1ccccc1. The molecule has 0 bridgehead atoms. The Labute approximate surface area is 142 Å². The predicted octanol–water partition coefficient (Wildman–Crippen LogP) is 3.17. The van der Waals surface area contributed by atoms with Crippen molar-refractivity contribution in [2.45, 2.75) is 37.3 Å². The number of thioether (sulfide) groups is 1. The normalized spacial score (nSPS) is 21.5. The van der Waals surface area contributed by atoms with Gasteiger partial charge in [-0.1, -0.05) is 18.2 Å². The maximum Gasteiger partial charge on any atom is 0.410 e. The number of nitrogens with zero attached hydrogens (tertiary/aromatic N) is 1. The molecule has 0 aliphatic carbocycles. The molecule has 23 heavy (non-hydrogen) atoms. The number of carbonyl (C=O) groups excluding carboxylic acids is 1. The third-order valence-corrected chi connectivity index (χ3v) is 4.77. The minimum Gasteiger partial charge on any atom is -0.444 e. The number of nitrogens with one attached hydrogen (secondary N) is 1. The third-order valence-electron chi connectivity index (χ3n) is 3.57. The fraction of sp³-hybridized carbons (Fsp3) is 0.588. The standard InChI is InChI=1S/C17H26N2O3S/c1-17(2,3)22-16(20)19-10-13(15(11-19)18-21-4)12-23-14-8-6-5-7-9-14/h5-9,13,15,18H,10-12H2,1-4H3/t13-,15-/m0/s1. The van der Waals surface area contributed by atoms with Crippen molar-refractivity contribution >= 4 is 17.9 Å². The molecule has 0 radical (unpaired) electrons. The molecule has 1 heterocycles. The molecule has 2 rings (SSSR count). The van der Waals surface area contributed by atoms with Crippen LogP contribution in [-0.4, -0.2) is 48.6 Å². The summed E-state index contributed by atoms with van der Waals surface area (Å²) in [5, 5.41) is 0. The molecule has 0 saturated carbocycles. The quantitative estimate of drug-likeness (QED) is 0.660. The summed E-state index contributed by atoms with van der Waals surface area (Å²) in [5.74, 6) is 1.23. The molecule has 128 valence electrons. The van der Waals surface area contributed by atoms with Crippen LogP contribution in [0.15, 0.2) is 35.2 Å². The van der Waals surface area contributed by atoms with Crippen LogP contribution in [0.25, 0.3) is 0 Å². The molecule has 1 N–H and O–H groups in total. The second kappa shape index (κ2) is 8.04. The van der Waals surface area contributed by atoms with E-state index >= 15 is 0 Å². The summed E-state index contributed by atoms with van der Waals surface area (Å²) < 4.78 is 5.47. The molecular formula is C17H26N2O3S. The van der Waals surface area contributed by atoms with Gasteiger partial charge in [0.1, 0.15) is 5.60 Å². The summed E-state index contributed by atoms with van der Waals surface area (Å²) in [6.45, 7) is 6.93. The van der Waals surface area contributed by atoms with E-state index in [1.54, 1.807) is 23.8 Å². The zero-order chi connectivity index (χ0) is 16.9. The Morgan fingerprint density at radius 3 is 2.61 bits per heavy atom. The maximum absolute atomic E-state index is 12.3. The Kier molecular flexibility index (Phi) is 6.33. The second-order valence-corrected chi connectivity index (χ2v) is 7.79. The summed E-state index contributed by atoms with van der Waals surface area (Å²) in [6, 6.07) is 10.4. The number of carbonyl (C=O) groups is 1. The molecule has 6 heteroatoms. The summed E-state index contributed by atoms with van der Waals surface area (Å²) in [4.78, 5) is 20.4. The van der Waals surface area contributed by atoms with Gasteiger partial charge < -0.3 is 14.5 Å². The molecule has 1 aromatic carbocycles. The van der Waals surface area contributed by atoms with E-state index in [2.05, 4.69) is 17.6 Å². The predicted molar refractivity (Wildman–Crippen MR) is 92.4 cm³/mol. The maximum atomic E-state index is 12.3. The van der Waals surface area contributed by atoms with E-state index < -0.39 is 5.60 Å². The molecule has 2 atom stereocenters. The molecule has 0 aromatic heterocycles. The van der Waals surface area contributed by atoms with Crippen molar-refractivity contribution in [3.8, 4) is 0 Å². The number of rotatable bonds is 5. The van der Waals surface area contributed by atoms with Gasteiger partial charge in [-0.3, -0.25) is 0 Å². The van der Waals surface area contributed by atoms with Crippen molar-refractivity contribution < 1.29 is 14.4 Å². The van der Waals surface area contributed by atoms with Crippen LogP contribution in [0.1, 0.15) is 20.8 Å². The van der Waals surface area contributed by atoms with E-state index in [-0.39, 0.29) is 12.1 Å². The van der Waals surface area contributed by atoms with Gasteiger partial charge >= 0.3 is 6.09 Å². The van der Waals surface area contributed by atoms with E-state index in [4.69, 9.17) is 9.57 Å². The average molecular weight is 338 g/mol. The van der Waals surface area contributed by atoms with E-state index in [1.807, 2.05) is 39.0 Å². The Balaban J connectivity index is 1.93. The first kappa shape index (κ1) is 18.1. The van der Waals surface area contributed by atoms with Gasteiger partial charge in [0.05, 0.1) is 13.2 Å². The molecular weight excluding hydrogens is 312 g/mol. The third kappa shape index (κ3) is 5.71. The molecule has 1 aliphatic rings. The highest BCUT2D eigenvalue weighted by atomic mass is 32.2. The molecule has 1 fully saturated rings. The van der Waals surface area contributed by atoms with Crippen molar-refractivity contribution in [3.63, 3.8) is 0 Å². The highest BCUT2D eigenvalue weighted by Crippen LogP contribution is 2.27. The summed E-state index contributed by atoms with van der Waals surface area (Å²) >= 11 is 1.80. The van der Waals surface area contributed by atoms with Crippen LogP contribution in [0.5, 0.6) is 0 Å². The minimum absolute atomic E-state index is 0.115. The van der Waals surface area contributed by atoms with Crippen molar-refractivity contribution in [2.24, 2.45) is 5.92 Å². The van der Waals surface area contributed by atoms with Crippen molar-refractivity contribution in [1.82, 2.24) is 10.4 Å². The Hall–Kier alpha value is -1.24. The Morgan fingerprint density at radius 2 is 2.00 bits per heavy atom. The first-order chi connectivity index (χ1) is 10.9. The highest BCUT2D eigenvalue weighted by molar-refractivity contribution is 7.99. The number of hydroxylamine groups is 1. The number of benzene rings is 1. The van der Waals surface area contributed by atoms with E-state index in [9.17, 15) is 4.79 Å². The van der Waals surface area contributed by atoms with E-state index in [0.29, 0.717) is 19.0 Å². The summed E-state index contributed by atoms with van der Waals surface area (Å²) in [6.07, 6.45) is -0.257. The lowest BCUT2D eigenvalue weighted by Crippen LogP contribution is -2.38. The monoisotopic (exact) mass is 338 g/mol. The zero-order valence-corrected chi connectivity index (χ0v) is 15.1. The van der Waals surface area contributed by atoms with E-state index in [1.165, 1.54) is 4.90 Å². The summed E-state index contributed by atoms with van der Waals surface area (Å²) in [5.41, 5.74) is 2.54. The smallest absolute Gasteiger partial charge is 0.410 e. The summed E-state index contributed by atoms with van der Waals surface area (Å²) in [7, 11) is 1.61. The first-order valence-electron chi connectivity index (χ1n) is 7.83. The van der Waals surface area contributed by atoms with Crippen molar-refractivity contribution in [3.05, 3.63) is 30.3 Å².